The van der Waals surface area contributed by atoms with Crippen molar-refractivity contribution in [3.05, 3.63) is 136 Å². The maximum atomic E-state index is 14.4. The van der Waals surface area contributed by atoms with Gasteiger partial charge in [-0.3, -0.25) is 14.2 Å². The van der Waals surface area contributed by atoms with Crippen LogP contribution in [0.25, 0.3) is 11.1 Å². The van der Waals surface area contributed by atoms with E-state index in [1.54, 1.807) is 15.9 Å². The van der Waals surface area contributed by atoms with Gasteiger partial charge in [0.2, 0.25) is 0 Å². The summed E-state index contributed by atoms with van der Waals surface area (Å²) in [7, 11) is 0. The largest absolute Gasteiger partial charge is 0.322 e. The number of carbonyl (C=O) groups is 1. The van der Waals surface area contributed by atoms with Gasteiger partial charge in [0.15, 0.2) is 4.80 Å². The molecule has 0 bridgehead atoms. The average Bonchev–Trinajstić information content (AvgIpc) is 3.69. The molecule has 1 N–H and O–H groups in total. The van der Waals surface area contributed by atoms with Crippen molar-refractivity contribution in [1.29, 1.82) is 5.26 Å². The quantitative estimate of drug-likeness (QED) is 0.207. The monoisotopic (exact) mass is 671 g/mol. The number of hydrogen-bond donors (Lipinski definition) is 1. The van der Waals surface area contributed by atoms with E-state index in [0.29, 0.717) is 32.2 Å². The Labute approximate surface area is 287 Å². The van der Waals surface area contributed by atoms with E-state index in [9.17, 15) is 14.9 Å². The van der Waals surface area contributed by atoms with Gasteiger partial charge in [-0.05, 0) is 98.9 Å². The molecule has 7 nitrogen and oxygen atoms in total. The number of nitrogens with zero attached hydrogens (tertiary/aromatic N) is 4. The Morgan fingerprint density at radius 2 is 1.77 bits per heavy atom. The molecule has 1 aliphatic carbocycles. The van der Waals surface area contributed by atoms with E-state index in [-0.39, 0.29) is 11.5 Å². The second-order valence-corrected chi connectivity index (χ2v) is 15.0. The lowest BCUT2D eigenvalue weighted by Gasteiger charge is -2.25. The molecule has 0 saturated carbocycles. The second-order valence-electron chi connectivity index (χ2n) is 12.9. The molecule has 0 saturated heterocycles. The second kappa shape index (κ2) is 12.7. The lowest BCUT2D eigenvalue weighted by Crippen LogP contribution is -2.40. The van der Waals surface area contributed by atoms with Crippen LogP contribution in [-0.2, 0) is 17.6 Å². The molecule has 2 aromatic carbocycles. The van der Waals surface area contributed by atoms with Crippen molar-refractivity contribution < 1.29 is 4.79 Å². The number of aromatic nitrogens is 2. The Bertz CT molecular complexity index is 2330. The van der Waals surface area contributed by atoms with Crippen LogP contribution in [0, 0.1) is 25.2 Å². The van der Waals surface area contributed by atoms with Crippen molar-refractivity contribution in [2.24, 2.45) is 4.99 Å². The average molecular weight is 672 g/mol. The highest BCUT2D eigenvalue weighted by Gasteiger charge is 2.33. The molecule has 1 atom stereocenters. The van der Waals surface area contributed by atoms with Crippen LogP contribution >= 0.6 is 22.7 Å². The molecule has 0 spiro atoms. The fraction of sp³-hybridized carbons (Fsp3) is 0.282. The summed E-state index contributed by atoms with van der Waals surface area (Å²) < 4.78 is 4.38. The Morgan fingerprint density at radius 1 is 1.04 bits per heavy atom. The van der Waals surface area contributed by atoms with Gasteiger partial charge in [0.25, 0.3) is 11.5 Å². The molecule has 5 aromatic rings. The normalized spacial score (nSPS) is 16.0. The lowest BCUT2D eigenvalue weighted by molar-refractivity contribution is -0.113. The summed E-state index contributed by atoms with van der Waals surface area (Å²) in [5.41, 5.74) is 8.44. The molecule has 1 aliphatic heterocycles. The molecule has 0 unspecified atom stereocenters. The van der Waals surface area contributed by atoms with E-state index in [2.05, 4.69) is 48.0 Å². The zero-order valence-corrected chi connectivity index (χ0v) is 29.4. The number of fused-ring (bicyclic) bond motifs is 2. The summed E-state index contributed by atoms with van der Waals surface area (Å²) in [6.07, 6.45) is 6.18. The van der Waals surface area contributed by atoms with Crippen molar-refractivity contribution in [2.75, 3.05) is 5.32 Å². The fourth-order valence-electron chi connectivity index (χ4n) is 6.92. The standard InChI is InChI=1S/C39H37N5O2S2/c1-22(2)26-15-17-27(18-16-26)35-34(36(45)42-29-11-7-6-8-12-29)24(4)41-39-44(35)37(46)33(48-39)20-28-19-23(3)43(25(28)5)38-31(21-40)30-13-9-10-14-32(30)47-38/h6-8,11-12,15-20,22,35H,9-10,13-14H2,1-5H3,(H,42,45)/b33-20+/t35-/m1/s1. The minimum Gasteiger partial charge on any atom is -0.322 e. The molecular formula is C39H37N5O2S2. The van der Waals surface area contributed by atoms with Gasteiger partial charge in [0, 0.05) is 22.0 Å². The molecule has 4 heterocycles. The van der Waals surface area contributed by atoms with Crippen LogP contribution in [0.2, 0.25) is 0 Å². The molecule has 3 aromatic heterocycles. The number of allylic oxidation sites excluding steroid dienone is 1. The van der Waals surface area contributed by atoms with Crippen molar-refractivity contribution in [3.63, 3.8) is 0 Å². The zero-order chi connectivity index (χ0) is 33.7. The van der Waals surface area contributed by atoms with Crippen molar-refractivity contribution in [3.8, 4) is 11.1 Å². The third kappa shape index (κ3) is 5.49. The number of amides is 1. The molecule has 0 fully saturated rings. The fourth-order valence-corrected chi connectivity index (χ4v) is 9.41. The first-order valence-electron chi connectivity index (χ1n) is 16.4. The molecule has 2 aliphatic rings. The highest BCUT2D eigenvalue weighted by atomic mass is 32.1. The Kier molecular flexibility index (Phi) is 8.40. The van der Waals surface area contributed by atoms with Crippen LogP contribution < -0.4 is 20.2 Å². The van der Waals surface area contributed by atoms with Crippen molar-refractivity contribution >= 4 is 40.3 Å². The van der Waals surface area contributed by atoms with Gasteiger partial charge in [-0.2, -0.15) is 5.26 Å². The van der Waals surface area contributed by atoms with Gasteiger partial charge < -0.3 is 9.88 Å². The van der Waals surface area contributed by atoms with Crippen molar-refractivity contribution in [1.82, 2.24) is 9.13 Å². The number of thiophene rings is 1. The Hall–Kier alpha value is -4.78. The number of rotatable bonds is 6. The van der Waals surface area contributed by atoms with Crippen LogP contribution in [0.3, 0.4) is 0 Å². The van der Waals surface area contributed by atoms with Crippen LogP contribution in [0.4, 0.5) is 5.69 Å². The lowest BCUT2D eigenvalue weighted by atomic mass is 9.93. The summed E-state index contributed by atoms with van der Waals surface area (Å²) in [4.78, 5) is 35.0. The summed E-state index contributed by atoms with van der Waals surface area (Å²) >= 11 is 3.06. The minimum absolute atomic E-state index is 0.191. The summed E-state index contributed by atoms with van der Waals surface area (Å²) in [5.74, 6) is 0.0622. The summed E-state index contributed by atoms with van der Waals surface area (Å²) in [5, 5.41) is 14.1. The van der Waals surface area contributed by atoms with E-state index in [0.717, 1.165) is 58.8 Å². The van der Waals surface area contributed by atoms with E-state index in [1.807, 2.05) is 69.3 Å². The maximum Gasteiger partial charge on any atom is 0.271 e. The van der Waals surface area contributed by atoms with Gasteiger partial charge >= 0.3 is 0 Å². The SMILES string of the molecule is CC1=C(C(=O)Nc2ccccc2)[C@@H](c2ccc(C(C)C)cc2)n2c(s/c(=C/c3cc(C)n(-c4sc5c(c4C#N)CCCC5)c3C)c2=O)=N1. The highest BCUT2D eigenvalue weighted by molar-refractivity contribution is 7.15. The van der Waals surface area contributed by atoms with Crippen LogP contribution in [0.1, 0.15) is 89.7 Å². The van der Waals surface area contributed by atoms with Gasteiger partial charge in [-0.25, -0.2) is 4.99 Å². The first kappa shape index (κ1) is 31.8. The van der Waals surface area contributed by atoms with Gasteiger partial charge in [-0.15, -0.1) is 11.3 Å². The van der Waals surface area contributed by atoms with Crippen LogP contribution in [0.15, 0.2) is 81.7 Å². The van der Waals surface area contributed by atoms with E-state index >= 15 is 0 Å². The minimum atomic E-state index is -0.642. The van der Waals surface area contributed by atoms with Crippen LogP contribution in [0.5, 0.6) is 0 Å². The molecule has 242 valence electrons. The Morgan fingerprint density at radius 3 is 2.48 bits per heavy atom. The van der Waals surface area contributed by atoms with E-state index in [1.165, 1.54) is 27.3 Å². The van der Waals surface area contributed by atoms with Gasteiger partial charge in [0.05, 0.1) is 27.4 Å². The van der Waals surface area contributed by atoms with E-state index < -0.39 is 6.04 Å². The van der Waals surface area contributed by atoms with E-state index in [4.69, 9.17) is 4.99 Å². The van der Waals surface area contributed by atoms with Crippen LogP contribution in [-0.4, -0.2) is 15.0 Å². The predicted molar refractivity (Wildman–Crippen MR) is 194 cm³/mol. The predicted octanol–water partition coefficient (Wildman–Crippen LogP) is 7.22. The number of nitriles is 1. The zero-order valence-electron chi connectivity index (χ0n) is 27.8. The molecular weight excluding hydrogens is 635 g/mol. The number of para-hydroxylation sites is 1. The number of aryl methyl sites for hydroxylation is 2. The molecule has 9 heteroatoms. The number of carbonyl (C=O) groups excluding carboxylic acids is 1. The number of thiazole rings is 1. The van der Waals surface area contributed by atoms with Gasteiger partial charge in [-0.1, -0.05) is 67.6 Å². The first-order chi connectivity index (χ1) is 23.2. The van der Waals surface area contributed by atoms with Gasteiger partial charge in [0.1, 0.15) is 11.1 Å². The molecule has 48 heavy (non-hydrogen) atoms. The third-order valence-electron chi connectivity index (χ3n) is 9.44. The smallest absolute Gasteiger partial charge is 0.271 e. The molecule has 0 radical (unpaired) electrons. The highest BCUT2D eigenvalue weighted by Crippen LogP contribution is 2.38. The number of anilines is 1. The summed E-state index contributed by atoms with van der Waals surface area (Å²) in [6, 6.07) is 21.5. The number of nitrogens with one attached hydrogen (secondary N) is 1. The molecule has 1 amide bonds. The first-order valence-corrected chi connectivity index (χ1v) is 18.0. The molecule has 7 rings (SSSR count). The number of hydrogen-bond acceptors (Lipinski definition) is 6. The van der Waals surface area contributed by atoms with Crippen molar-refractivity contribution in [2.45, 2.75) is 72.3 Å². The number of benzene rings is 2. The third-order valence-corrected chi connectivity index (χ3v) is 11.7. The topological polar surface area (TPSA) is 92.2 Å². The maximum absolute atomic E-state index is 14.4. The summed E-state index contributed by atoms with van der Waals surface area (Å²) in [6.45, 7) is 10.2. The Balaban J connectivity index is 1.35.